The van der Waals surface area contributed by atoms with Crippen LogP contribution in [0.25, 0.3) is 0 Å². The lowest BCUT2D eigenvalue weighted by Gasteiger charge is -2.38. The van der Waals surface area contributed by atoms with E-state index in [2.05, 4.69) is 25.3 Å². The summed E-state index contributed by atoms with van der Waals surface area (Å²) in [6, 6.07) is 1.89. The lowest BCUT2D eigenvalue weighted by atomic mass is 9.96. The number of amides is 1. The average Bonchev–Trinajstić information content (AvgIpc) is 2.46. The molecule has 0 aliphatic carbocycles. The summed E-state index contributed by atoms with van der Waals surface area (Å²) in [7, 11) is 1.52. The minimum absolute atomic E-state index is 0.00689. The molecule has 1 saturated heterocycles. The van der Waals surface area contributed by atoms with Crippen LogP contribution in [0.1, 0.15) is 17.4 Å². The van der Waals surface area contributed by atoms with Gasteiger partial charge in [-0.3, -0.25) is 9.78 Å². The molecular formula is C15H18N6O2. The van der Waals surface area contributed by atoms with E-state index in [0.29, 0.717) is 30.5 Å². The number of carbonyl (C=O) groups excluding carboxylic acids is 1. The van der Waals surface area contributed by atoms with Crippen LogP contribution >= 0.6 is 0 Å². The highest BCUT2D eigenvalue weighted by atomic mass is 16.5. The van der Waals surface area contributed by atoms with Crippen molar-refractivity contribution in [3.05, 3.63) is 36.2 Å². The summed E-state index contributed by atoms with van der Waals surface area (Å²) in [5.74, 6) is 2.21. The first-order valence-electron chi connectivity index (χ1n) is 7.31. The van der Waals surface area contributed by atoms with Gasteiger partial charge in [-0.2, -0.15) is 0 Å². The number of aryl methyl sites for hydroxylation is 1. The molecule has 1 fully saturated rings. The first-order chi connectivity index (χ1) is 11.2. The van der Waals surface area contributed by atoms with Crippen LogP contribution in [0, 0.1) is 6.92 Å². The fourth-order valence-electron chi connectivity index (χ4n) is 2.44. The van der Waals surface area contributed by atoms with Crippen molar-refractivity contribution in [3.63, 3.8) is 0 Å². The van der Waals surface area contributed by atoms with Crippen LogP contribution in [-0.4, -0.2) is 57.5 Å². The van der Waals surface area contributed by atoms with Crippen molar-refractivity contribution in [3.8, 4) is 0 Å². The standard InChI is InChI=1S/C15H18N6O2/c1-10-18-12(11-7-21(8-11)15(22)9-23-2)5-13(19-10)20-14-6-16-3-4-17-14/h3-6,11H,7-9H2,1-2H3,(H,17,18,19,20). The minimum Gasteiger partial charge on any atom is -0.375 e. The zero-order valence-corrected chi connectivity index (χ0v) is 13.1. The number of hydrogen-bond donors (Lipinski definition) is 1. The van der Waals surface area contributed by atoms with Gasteiger partial charge in [-0.1, -0.05) is 0 Å². The van der Waals surface area contributed by atoms with E-state index in [0.717, 1.165) is 5.69 Å². The number of ether oxygens (including phenoxy) is 1. The Morgan fingerprint density at radius 1 is 1.35 bits per heavy atom. The third-order valence-electron chi connectivity index (χ3n) is 3.60. The molecule has 3 heterocycles. The second-order valence-electron chi connectivity index (χ2n) is 5.37. The molecule has 120 valence electrons. The highest BCUT2D eigenvalue weighted by Gasteiger charge is 2.32. The number of nitrogens with zero attached hydrogens (tertiary/aromatic N) is 5. The van der Waals surface area contributed by atoms with Gasteiger partial charge in [0, 0.05) is 44.6 Å². The molecule has 0 atom stereocenters. The van der Waals surface area contributed by atoms with E-state index < -0.39 is 0 Å². The molecule has 1 aliphatic heterocycles. The van der Waals surface area contributed by atoms with Gasteiger partial charge in [-0.05, 0) is 6.92 Å². The Balaban J connectivity index is 1.68. The lowest BCUT2D eigenvalue weighted by molar-refractivity contribution is -0.139. The van der Waals surface area contributed by atoms with Crippen LogP contribution in [0.4, 0.5) is 11.6 Å². The topological polar surface area (TPSA) is 93.1 Å². The Morgan fingerprint density at radius 3 is 2.87 bits per heavy atom. The Labute approximate surface area is 134 Å². The van der Waals surface area contributed by atoms with Crippen LogP contribution in [0.3, 0.4) is 0 Å². The number of likely N-dealkylation sites (tertiary alicyclic amines) is 1. The fraction of sp³-hybridized carbons (Fsp3) is 0.400. The van der Waals surface area contributed by atoms with Crippen molar-refractivity contribution in [1.82, 2.24) is 24.8 Å². The molecule has 0 aromatic carbocycles. The zero-order chi connectivity index (χ0) is 16.2. The van der Waals surface area contributed by atoms with E-state index in [1.54, 1.807) is 23.5 Å². The SMILES string of the molecule is COCC(=O)N1CC(c2cc(Nc3cnccn3)nc(C)n2)C1. The van der Waals surface area contributed by atoms with E-state index in [9.17, 15) is 4.79 Å². The predicted octanol–water partition coefficient (Wildman–Crippen LogP) is 0.891. The van der Waals surface area contributed by atoms with Crippen LogP contribution < -0.4 is 5.32 Å². The van der Waals surface area contributed by atoms with Crippen LogP contribution in [0.5, 0.6) is 0 Å². The summed E-state index contributed by atoms with van der Waals surface area (Å²) >= 11 is 0. The quantitative estimate of drug-likeness (QED) is 0.876. The fourth-order valence-corrected chi connectivity index (χ4v) is 2.44. The molecule has 0 unspecified atom stereocenters. The van der Waals surface area contributed by atoms with E-state index in [4.69, 9.17) is 4.74 Å². The number of nitrogens with one attached hydrogen (secondary N) is 1. The molecule has 3 rings (SSSR count). The summed E-state index contributed by atoms with van der Waals surface area (Å²) in [6.07, 6.45) is 4.86. The van der Waals surface area contributed by atoms with Gasteiger partial charge < -0.3 is 15.0 Å². The van der Waals surface area contributed by atoms with Crippen molar-refractivity contribution in [2.45, 2.75) is 12.8 Å². The lowest BCUT2D eigenvalue weighted by Crippen LogP contribution is -2.50. The van der Waals surface area contributed by atoms with Crippen molar-refractivity contribution in [2.75, 3.05) is 32.1 Å². The maximum absolute atomic E-state index is 11.7. The summed E-state index contributed by atoms with van der Waals surface area (Å²) in [6.45, 7) is 3.28. The van der Waals surface area contributed by atoms with Gasteiger partial charge in [0.15, 0.2) is 0 Å². The van der Waals surface area contributed by atoms with Gasteiger partial charge in [0.2, 0.25) is 5.91 Å². The number of hydrogen-bond acceptors (Lipinski definition) is 7. The van der Waals surface area contributed by atoms with E-state index in [1.165, 1.54) is 7.11 Å². The zero-order valence-electron chi connectivity index (χ0n) is 13.1. The van der Waals surface area contributed by atoms with E-state index >= 15 is 0 Å². The molecular weight excluding hydrogens is 296 g/mol. The predicted molar refractivity (Wildman–Crippen MR) is 83.3 cm³/mol. The smallest absolute Gasteiger partial charge is 0.248 e. The molecule has 8 nitrogen and oxygen atoms in total. The highest BCUT2D eigenvalue weighted by Crippen LogP contribution is 2.27. The Hall–Kier alpha value is -2.61. The number of anilines is 2. The second kappa shape index (κ2) is 6.66. The summed E-state index contributed by atoms with van der Waals surface area (Å²) in [5, 5.41) is 3.12. The molecule has 2 aromatic heterocycles. The summed E-state index contributed by atoms with van der Waals surface area (Å²) in [4.78, 5) is 30.5. The van der Waals surface area contributed by atoms with E-state index in [1.807, 2.05) is 13.0 Å². The number of aromatic nitrogens is 4. The maximum atomic E-state index is 11.7. The van der Waals surface area contributed by atoms with Gasteiger partial charge >= 0.3 is 0 Å². The summed E-state index contributed by atoms with van der Waals surface area (Å²) in [5.41, 5.74) is 0.922. The van der Waals surface area contributed by atoms with Crippen LogP contribution in [-0.2, 0) is 9.53 Å². The third kappa shape index (κ3) is 3.59. The number of rotatable bonds is 5. The molecule has 0 saturated carbocycles. The molecule has 8 heteroatoms. The Bertz CT molecular complexity index is 688. The molecule has 1 amide bonds. The molecule has 0 bridgehead atoms. The molecule has 0 spiro atoms. The molecule has 1 aliphatic rings. The third-order valence-corrected chi connectivity index (χ3v) is 3.60. The van der Waals surface area contributed by atoms with Gasteiger partial charge in [-0.25, -0.2) is 15.0 Å². The minimum atomic E-state index is 0.00689. The van der Waals surface area contributed by atoms with Crippen LogP contribution in [0.15, 0.2) is 24.7 Å². The van der Waals surface area contributed by atoms with Crippen LogP contribution in [0.2, 0.25) is 0 Å². The van der Waals surface area contributed by atoms with Crippen molar-refractivity contribution >= 4 is 17.5 Å². The first-order valence-corrected chi connectivity index (χ1v) is 7.31. The average molecular weight is 314 g/mol. The summed E-state index contributed by atoms with van der Waals surface area (Å²) < 4.78 is 4.87. The van der Waals surface area contributed by atoms with Gasteiger partial charge in [0.1, 0.15) is 24.1 Å². The Morgan fingerprint density at radius 2 is 2.17 bits per heavy atom. The largest absolute Gasteiger partial charge is 0.375 e. The molecule has 0 radical (unpaired) electrons. The van der Waals surface area contributed by atoms with Gasteiger partial charge in [-0.15, -0.1) is 0 Å². The molecule has 1 N–H and O–H groups in total. The van der Waals surface area contributed by atoms with Gasteiger partial charge in [0.05, 0.1) is 11.9 Å². The van der Waals surface area contributed by atoms with Crippen molar-refractivity contribution in [1.29, 1.82) is 0 Å². The van der Waals surface area contributed by atoms with Gasteiger partial charge in [0.25, 0.3) is 0 Å². The highest BCUT2D eigenvalue weighted by molar-refractivity contribution is 5.78. The van der Waals surface area contributed by atoms with E-state index in [-0.39, 0.29) is 18.4 Å². The Kier molecular flexibility index (Phi) is 4.42. The monoisotopic (exact) mass is 314 g/mol. The number of carbonyl (C=O) groups is 1. The maximum Gasteiger partial charge on any atom is 0.248 e. The van der Waals surface area contributed by atoms with Crippen molar-refractivity contribution in [2.24, 2.45) is 0 Å². The first kappa shape index (κ1) is 15.3. The number of methoxy groups -OCH3 is 1. The van der Waals surface area contributed by atoms with Crippen molar-refractivity contribution < 1.29 is 9.53 Å². The normalized spacial score (nSPS) is 14.4. The second-order valence-corrected chi connectivity index (χ2v) is 5.37. The molecule has 2 aromatic rings. The molecule has 23 heavy (non-hydrogen) atoms.